The van der Waals surface area contributed by atoms with E-state index in [9.17, 15) is 15.3 Å². The Kier molecular flexibility index (Phi) is 15.0. The van der Waals surface area contributed by atoms with Gasteiger partial charge < -0.3 is 15.3 Å². The molecule has 400 valence electrons. The number of hydrogen-bond donors (Lipinski definition) is 5. The number of aliphatic hydroxyl groups is 3. The standard InChI is InChI=1S/C31H51N3O.C30H49N3O2.ClH/c1-6-21-25-17-18(2)13-15-31(25,5)24-14-16-30(4)22(10-11-23(30)27(24)28(21)35)19(3)7-12-26-32-29(34-33-26)20-8-9-20;1-5-20-24-16-19(34)12-14-30(24,4)23-13-15-29(3)21(9-10-22(29)26(23)27(20)35)17(2)6-11-25-31-28(33-32-25)18-7-8-18;/h18-25,27-28,35H,6-17H2,1-5H3,(H,32,33,34);17-24,26-27,34-35H,5-16H2,1-4H3,(H,31,32,33);1H/t18-,19-,21-,22-,23+,24+,25+,27+,28-,30-,31-;17-,19-,20-,21-,22+,23+,24+,26+,27-,29-,30-;/m11./s1. The predicted octanol–water partition coefficient (Wildman–Crippen LogP) is 13.5. The van der Waals surface area contributed by atoms with Crippen molar-refractivity contribution in [3.05, 3.63) is 23.3 Å². The average Bonchev–Trinajstić information content (AvgIpc) is 4.20. The fraction of sp³-hybridized carbons (Fsp3) is 0.934. The van der Waals surface area contributed by atoms with Crippen LogP contribution >= 0.6 is 12.4 Å². The van der Waals surface area contributed by atoms with Crippen LogP contribution in [0.15, 0.2) is 0 Å². The molecule has 0 spiro atoms. The molecule has 5 N–H and O–H groups in total. The number of hydrogen-bond acceptors (Lipinski definition) is 7. The third kappa shape index (κ3) is 9.08. The SMILES string of the molecule is CC[C@H]1[C@@H](O)[C@@H]2[C@H](CC[C@]3(C)[C@@H]([C@H](C)CCc4nc(C5CC5)n[nH]4)CC[C@@H]23)[C@@]2(C)CC[C@@H](C)C[C@@H]12.CC[C@H]1[C@@H](O)[C@@H]2[C@H](CC[C@]3(C)[C@@H]([C@H](C)CCc4nc(C5CC5)n[nH]4)CC[C@@H]23)[C@@]2(C)CC[C@@H](O)C[C@@H]12.Cl. The van der Waals surface area contributed by atoms with Gasteiger partial charge in [0.1, 0.15) is 11.6 Å². The summed E-state index contributed by atoms with van der Waals surface area (Å²) in [5.74, 6) is 15.0. The number of halogens is 1. The maximum Gasteiger partial charge on any atom is 0.153 e. The first-order chi connectivity index (χ1) is 33.5. The number of aromatic amines is 2. The lowest BCUT2D eigenvalue weighted by atomic mass is 9.41. The average molecular weight is 1000 g/mol. The third-order valence-electron chi connectivity index (χ3n) is 25.2. The number of H-pyrrole nitrogens is 2. The van der Waals surface area contributed by atoms with Crippen LogP contribution in [0.25, 0.3) is 0 Å². The van der Waals surface area contributed by atoms with E-state index in [1.807, 2.05) is 0 Å². The smallest absolute Gasteiger partial charge is 0.153 e. The van der Waals surface area contributed by atoms with E-state index in [1.165, 1.54) is 109 Å². The summed E-state index contributed by atoms with van der Waals surface area (Å²) >= 11 is 0. The second-order valence-electron chi connectivity index (χ2n) is 28.6. The van der Waals surface area contributed by atoms with E-state index < -0.39 is 0 Å². The van der Waals surface area contributed by atoms with Gasteiger partial charge in [0.25, 0.3) is 0 Å². The molecule has 0 bridgehead atoms. The van der Waals surface area contributed by atoms with Gasteiger partial charge in [-0.15, -0.1) is 12.4 Å². The minimum Gasteiger partial charge on any atom is -0.393 e. The molecule has 10 fully saturated rings. The fourth-order valence-corrected chi connectivity index (χ4v) is 21.1. The minimum atomic E-state index is -0.193. The number of aryl methyl sites for hydroxylation is 2. The topological polar surface area (TPSA) is 144 Å². The van der Waals surface area contributed by atoms with Crippen molar-refractivity contribution in [1.82, 2.24) is 30.4 Å². The summed E-state index contributed by atoms with van der Waals surface area (Å²) in [5, 5.41) is 49.8. The largest absolute Gasteiger partial charge is 0.393 e. The Balaban J connectivity index is 0.000000162. The summed E-state index contributed by atoms with van der Waals surface area (Å²) in [7, 11) is 0. The summed E-state index contributed by atoms with van der Waals surface area (Å²) < 4.78 is 0. The summed E-state index contributed by atoms with van der Waals surface area (Å²) in [6.45, 7) is 22.5. The molecule has 0 saturated heterocycles. The van der Waals surface area contributed by atoms with Gasteiger partial charge in [-0.2, -0.15) is 10.2 Å². The lowest BCUT2D eigenvalue weighted by Gasteiger charge is -2.65. The van der Waals surface area contributed by atoms with Gasteiger partial charge in [0.2, 0.25) is 0 Å². The number of aliphatic hydroxyl groups excluding tert-OH is 3. The van der Waals surface area contributed by atoms with Crippen molar-refractivity contribution in [1.29, 1.82) is 0 Å². The molecule has 12 rings (SSSR count). The highest BCUT2D eigenvalue weighted by atomic mass is 35.5. The van der Waals surface area contributed by atoms with Crippen molar-refractivity contribution in [3.63, 3.8) is 0 Å². The van der Waals surface area contributed by atoms with E-state index in [0.29, 0.717) is 92.7 Å². The molecule has 10 aliphatic rings. The van der Waals surface area contributed by atoms with Crippen LogP contribution in [0.5, 0.6) is 0 Å². The molecule has 0 radical (unpaired) electrons. The zero-order valence-electron chi connectivity index (χ0n) is 46.1. The lowest BCUT2D eigenvalue weighted by Crippen LogP contribution is -2.62. The molecule has 10 aliphatic carbocycles. The van der Waals surface area contributed by atoms with Gasteiger partial charge in [-0.05, 0) is 232 Å². The molecule has 2 aromatic rings. The Bertz CT molecular complexity index is 1980. The second kappa shape index (κ2) is 20.1. The maximum absolute atomic E-state index is 12.0. The minimum absolute atomic E-state index is 0. The van der Waals surface area contributed by atoms with Crippen LogP contribution in [0.4, 0.5) is 0 Å². The van der Waals surface area contributed by atoms with Crippen LogP contribution in [-0.4, -0.2) is 64.0 Å². The van der Waals surface area contributed by atoms with Crippen molar-refractivity contribution >= 4 is 12.4 Å². The molecule has 2 aromatic heterocycles. The van der Waals surface area contributed by atoms with Crippen LogP contribution < -0.4 is 0 Å². The summed E-state index contributed by atoms with van der Waals surface area (Å²) in [5.41, 5.74) is 1.48. The Morgan fingerprint density at radius 1 is 0.521 bits per heavy atom. The van der Waals surface area contributed by atoms with Crippen LogP contribution in [0.1, 0.15) is 239 Å². The van der Waals surface area contributed by atoms with Crippen molar-refractivity contribution < 1.29 is 15.3 Å². The molecule has 0 aliphatic heterocycles. The lowest BCUT2D eigenvalue weighted by molar-refractivity contribution is -0.203. The van der Waals surface area contributed by atoms with E-state index in [1.54, 1.807) is 0 Å². The number of nitrogens with one attached hydrogen (secondary N) is 2. The van der Waals surface area contributed by atoms with E-state index in [-0.39, 0.29) is 30.7 Å². The van der Waals surface area contributed by atoms with E-state index in [4.69, 9.17) is 9.97 Å². The first-order valence-corrected chi connectivity index (χ1v) is 30.4. The molecular formula is C61H101ClN6O3. The Morgan fingerprint density at radius 3 is 1.37 bits per heavy atom. The third-order valence-corrected chi connectivity index (χ3v) is 25.2. The molecule has 0 aromatic carbocycles. The highest BCUT2D eigenvalue weighted by molar-refractivity contribution is 5.85. The summed E-state index contributed by atoms with van der Waals surface area (Å²) in [6, 6.07) is 0. The van der Waals surface area contributed by atoms with Gasteiger partial charge in [-0.3, -0.25) is 10.2 Å². The molecule has 2 heterocycles. The predicted molar refractivity (Wildman–Crippen MR) is 286 cm³/mol. The molecule has 0 amide bonds. The Morgan fingerprint density at radius 2 is 0.930 bits per heavy atom. The number of rotatable bonds is 12. The summed E-state index contributed by atoms with van der Waals surface area (Å²) in [4.78, 5) is 9.59. The van der Waals surface area contributed by atoms with Gasteiger partial charge in [-0.1, -0.05) is 81.6 Å². The first-order valence-electron chi connectivity index (χ1n) is 30.4. The Labute approximate surface area is 436 Å². The Hall–Kier alpha value is -1.55. The number of aromatic nitrogens is 6. The van der Waals surface area contributed by atoms with Gasteiger partial charge in [0.05, 0.1) is 18.3 Å². The number of fused-ring (bicyclic) bond motifs is 10. The molecule has 10 heteroatoms. The van der Waals surface area contributed by atoms with Gasteiger partial charge in [0, 0.05) is 24.7 Å². The molecular weight excluding hydrogens is 900 g/mol. The van der Waals surface area contributed by atoms with Crippen LogP contribution in [0, 0.1) is 110 Å². The van der Waals surface area contributed by atoms with Gasteiger partial charge in [-0.25, -0.2) is 9.97 Å². The van der Waals surface area contributed by atoms with Gasteiger partial charge >= 0.3 is 0 Å². The monoisotopic (exact) mass is 1000 g/mol. The quantitative estimate of drug-likeness (QED) is 0.142. The van der Waals surface area contributed by atoms with E-state index >= 15 is 0 Å². The summed E-state index contributed by atoms with van der Waals surface area (Å²) in [6.07, 6.45) is 29.0. The molecule has 10 saturated carbocycles. The normalized spacial score (nSPS) is 47.5. The van der Waals surface area contributed by atoms with Crippen LogP contribution in [0.3, 0.4) is 0 Å². The highest BCUT2D eigenvalue weighted by Gasteiger charge is 2.66. The molecule has 0 unspecified atom stereocenters. The van der Waals surface area contributed by atoms with Crippen molar-refractivity contribution in [3.8, 4) is 0 Å². The van der Waals surface area contributed by atoms with Gasteiger partial charge in [0.15, 0.2) is 11.6 Å². The highest BCUT2D eigenvalue weighted by Crippen LogP contribution is 2.72. The second-order valence-corrected chi connectivity index (χ2v) is 28.6. The van der Waals surface area contributed by atoms with E-state index in [0.717, 1.165) is 97.8 Å². The molecule has 9 nitrogen and oxygen atoms in total. The number of nitrogens with zero attached hydrogens (tertiary/aromatic N) is 4. The van der Waals surface area contributed by atoms with Crippen molar-refractivity contribution in [2.75, 3.05) is 0 Å². The van der Waals surface area contributed by atoms with Crippen LogP contribution in [0.2, 0.25) is 0 Å². The van der Waals surface area contributed by atoms with Crippen LogP contribution in [-0.2, 0) is 12.8 Å². The zero-order chi connectivity index (χ0) is 49.1. The van der Waals surface area contributed by atoms with E-state index in [2.05, 4.69) is 82.7 Å². The molecule has 22 atom stereocenters. The maximum atomic E-state index is 12.0. The van der Waals surface area contributed by atoms with Crippen molar-refractivity contribution in [2.45, 2.75) is 247 Å². The van der Waals surface area contributed by atoms with Crippen molar-refractivity contribution in [2.24, 2.45) is 110 Å². The fourth-order valence-electron chi connectivity index (χ4n) is 21.1. The first kappa shape index (κ1) is 52.9. The zero-order valence-corrected chi connectivity index (χ0v) is 46.9. The molecule has 71 heavy (non-hydrogen) atoms.